The number of rotatable bonds is 5. The van der Waals surface area contributed by atoms with Crippen LogP contribution in [0.2, 0.25) is 0 Å². The van der Waals surface area contributed by atoms with E-state index < -0.39 is 17.5 Å². The second kappa shape index (κ2) is 9.44. The summed E-state index contributed by atoms with van der Waals surface area (Å²) in [6, 6.07) is 24.8. The van der Waals surface area contributed by atoms with Crippen LogP contribution < -0.4 is 0 Å². The van der Waals surface area contributed by atoms with Crippen molar-refractivity contribution in [3.8, 4) is 11.1 Å². The van der Waals surface area contributed by atoms with Gasteiger partial charge in [-0.1, -0.05) is 72.8 Å². The van der Waals surface area contributed by atoms with Crippen molar-refractivity contribution in [2.24, 2.45) is 0 Å². The van der Waals surface area contributed by atoms with E-state index in [0.29, 0.717) is 24.2 Å². The standard InChI is InChI=1S/C32H26N2O5/c1-38-30(36)26-18-21(28(35)24-14-7-6-12-22(24)20-10-4-3-5-11-20)19-34-17-16-25-23-13-8-9-15-27(23)33-29(25)32(26,34)31(37)39-2/h3-15,18-19,33H,16-17H2,1-2H3. The average molecular weight is 519 g/mol. The number of nitrogens with zero attached hydrogens (tertiary/aromatic N) is 1. The number of H-pyrrole nitrogens is 1. The summed E-state index contributed by atoms with van der Waals surface area (Å²) in [4.78, 5) is 46.3. The van der Waals surface area contributed by atoms with E-state index in [9.17, 15) is 14.4 Å². The van der Waals surface area contributed by atoms with Crippen LogP contribution in [0.5, 0.6) is 0 Å². The fourth-order valence-electron chi connectivity index (χ4n) is 5.85. The van der Waals surface area contributed by atoms with Gasteiger partial charge in [-0.3, -0.25) is 4.79 Å². The maximum Gasteiger partial charge on any atom is 0.343 e. The van der Waals surface area contributed by atoms with Gasteiger partial charge in [-0.15, -0.1) is 0 Å². The van der Waals surface area contributed by atoms with Crippen LogP contribution in [0.4, 0.5) is 0 Å². The van der Waals surface area contributed by atoms with Crippen molar-refractivity contribution >= 4 is 28.6 Å². The first-order chi connectivity index (χ1) is 19.0. The fourth-order valence-corrected chi connectivity index (χ4v) is 5.85. The molecule has 0 bridgehead atoms. The summed E-state index contributed by atoms with van der Waals surface area (Å²) < 4.78 is 10.5. The van der Waals surface area contributed by atoms with Gasteiger partial charge in [0.2, 0.25) is 5.54 Å². The number of methoxy groups -OCH3 is 2. The number of ketones is 1. The number of ether oxygens (including phenoxy) is 2. The van der Waals surface area contributed by atoms with Gasteiger partial charge in [0.15, 0.2) is 5.78 Å². The van der Waals surface area contributed by atoms with E-state index in [1.54, 1.807) is 17.2 Å². The molecule has 1 atom stereocenters. The molecule has 0 saturated heterocycles. The lowest BCUT2D eigenvalue weighted by atomic mass is 9.75. The minimum Gasteiger partial charge on any atom is -0.467 e. The molecule has 0 radical (unpaired) electrons. The van der Waals surface area contributed by atoms with E-state index in [-0.39, 0.29) is 16.9 Å². The minimum atomic E-state index is -1.63. The Bertz CT molecular complexity index is 1700. The van der Waals surface area contributed by atoms with Crippen molar-refractivity contribution in [2.45, 2.75) is 12.0 Å². The zero-order valence-electron chi connectivity index (χ0n) is 21.6. The van der Waals surface area contributed by atoms with Crippen LogP contribution in [0, 0.1) is 0 Å². The van der Waals surface area contributed by atoms with Crippen molar-refractivity contribution in [3.05, 3.63) is 119 Å². The molecular formula is C32H26N2O5. The van der Waals surface area contributed by atoms with E-state index in [0.717, 1.165) is 27.6 Å². The first-order valence-electron chi connectivity index (χ1n) is 12.7. The molecule has 39 heavy (non-hydrogen) atoms. The summed E-state index contributed by atoms with van der Waals surface area (Å²) in [5, 5.41) is 0.974. The van der Waals surface area contributed by atoms with Gasteiger partial charge < -0.3 is 19.4 Å². The summed E-state index contributed by atoms with van der Waals surface area (Å²) in [7, 11) is 2.56. The molecule has 7 nitrogen and oxygen atoms in total. The first kappa shape index (κ1) is 24.4. The molecule has 2 aliphatic heterocycles. The van der Waals surface area contributed by atoms with Crippen LogP contribution in [0.1, 0.15) is 21.6 Å². The predicted octanol–water partition coefficient (Wildman–Crippen LogP) is 4.94. The number of fused-ring (bicyclic) bond motifs is 5. The molecule has 0 aliphatic carbocycles. The number of benzene rings is 3. The van der Waals surface area contributed by atoms with Crippen LogP contribution >= 0.6 is 0 Å². The number of nitrogens with one attached hydrogen (secondary N) is 1. The topological polar surface area (TPSA) is 88.7 Å². The highest BCUT2D eigenvalue weighted by atomic mass is 16.5. The number of hydrogen-bond donors (Lipinski definition) is 1. The van der Waals surface area contributed by atoms with Gasteiger partial charge in [0.1, 0.15) is 0 Å². The third-order valence-electron chi connectivity index (χ3n) is 7.60. The Morgan fingerprint density at radius 1 is 0.872 bits per heavy atom. The number of esters is 2. The monoisotopic (exact) mass is 518 g/mol. The smallest absolute Gasteiger partial charge is 0.343 e. The average Bonchev–Trinajstić information content (AvgIpc) is 3.39. The summed E-state index contributed by atoms with van der Waals surface area (Å²) >= 11 is 0. The Morgan fingerprint density at radius 3 is 2.36 bits per heavy atom. The summed E-state index contributed by atoms with van der Waals surface area (Å²) in [6.45, 7) is 0.384. The molecule has 0 spiro atoms. The van der Waals surface area contributed by atoms with Crippen LogP contribution in [0.15, 0.2) is 102 Å². The molecule has 0 fully saturated rings. The third kappa shape index (κ3) is 3.61. The number of allylic oxidation sites excluding steroid dienone is 2. The number of hydrogen-bond acceptors (Lipinski definition) is 6. The number of para-hydroxylation sites is 1. The van der Waals surface area contributed by atoms with Gasteiger partial charge in [0, 0.05) is 34.8 Å². The Labute approximate surface area is 225 Å². The van der Waals surface area contributed by atoms with E-state index in [2.05, 4.69) is 4.98 Å². The molecule has 2 aliphatic rings. The highest BCUT2D eigenvalue weighted by molar-refractivity contribution is 6.16. The van der Waals surface area contributed by atoms with Crippen molar-refractivity contribution in [1.29, 1.82) is 0 Å². The zero-order valence-corrected chi connectivity index (χ0v) is 21.6. The Hall–Kier alpha value is -4.91. The maximum absolute atomic E-state index is 14.0. The lowest BCUT2D eigenvalue weighted by molar-refractivity contribution is -0.156. The molecule has 194 valence electrons. The molecule has 4 aromatic rings. The molecule has 6 rings (SSSR count). The second-order valence-corrected chi connectivity index (χ2v) is 9.54. The Kier molecular flexibility index (Phi) is 5.91. The summed E-state index contributed by atoms with van der Waals surface area (Å²) in [5.41, 5.74) is 3.16. The molecule has 3 heterocycles. The van der Waals surface area contributed by atoms with Crippen molar-refractivity contribution in [1.82, 2.24) is 9.88 Å². The van der Waals surface area contributed by atoms with E-state index in [1.165, 1.54) is 20.3 Å². The van der Waals surface area contributed by atoms with E-state index in [1.807, 2.05) is 72.8 Å². The number of aromatic amines is 1. The van der Waals surface area contributed by atoms with Crippen LogP contribution in [-0.2, 0) is 31.0 Å². The molecule has 1 aromatic heterocycles. The molecule has 7 heteroatoms. The van der Waals surface area contributed by atoms with Crippen LogP contribution in [0.25, 0.3) is 22.0 Å². The molecule has 1 N–H and O–H groups in total. The van der Waals surface area contributed by atoms with Gasteiger partial charge in [-0.25, -0.2) is 9.59 Å². The van der Waals surface area contributed by atoms with Gasteiger partial charge in [0.05, 0.1) is 25.5 Å². The molecule has 3 aromatic carbocycles. The molecule has 0 saturated carbocycles. The predicted molar refractivity (Wildman–Crippen MR) is 147 cm³/mol. The number of aromatic nitrogens is 1. The van der Waals surface area contributed by atoms with Gasteiger partial charge in [-0.2, -0.15) is 0 Å². The summed E-state index contributed by atoms with van der Waals surface area (Å²) in [5.74, 6) is -1.62. The van der Waals surface area contributed by atoms with E-state index >= 15 is 0 Å². The lowest BCUT2D eigenvalue weighted by Gasteiger charge is -2.46. The zero-order chi connectivity index (χ0) is 27.1. The van der Waals surface area contributed by atoms with E-state index in [4.69, 9.17) is 9.47 Å². The third-order valence-corrected chi connectivity index (χ3v) is 7.60. The SMILES string of the molecule is COC(=O)C1=CC(C(=O)c2ccccc2-c2ccccc2)=CN2CCc3c([nH]c4ccccc34)C12C(=O)OC. The second-order valence-electron chi connectivity index (χ2n) is 9.54. The number of Topliss-reactive ketones (excluding diaryl/α,β-unsaturated/α-hetero) is 1. The Morgan fingerprint density at radius 2 is 1.59 bits per heavy atom. The maximum atomic E-state index is 14.0. The quantitative estimate of drug-likeness (QED) is 0.297. The molecule has 1 unspecified atom stereocenters. The number of carbonyl (C=O) groups excluding carboxylic acids is 3. The highest BCUT2D eigenvalue weighted by Crippen LogP contribution is 2.47. The summed E-state index contributed by atoms with van der Waals surface area (Å²) in [6.07, 6.45) is 3.75. The van der Waals surface area contributed by atoms with Gasteiger partial charge in [0.25, 0.3) is 0 Å². The minimum absolute atomic E-state index is 0.0207. The van der Waals surface area contributed by atoms with Gasteiger partial charge in [-0.05, 0) is 35.3 Å². The van der Waals surface area contributed by atoms with Crippen LogP contribution in [-0.4, -0.2) is 48.4 Å². The highest BCUT2D eigenvalue weighted by Gasteiger charge is 2.58. The van der Waals surface area contributed by atoms with Crippen molar-refractivity contribution < 1.29 is 23.9 Å². The lowest BCUT2D eigenvalue weighted by Crippen LogP contribution is -2.58. The van der Waals surface area contributed by atoms with Crippen molar-refractivity contribution in [3.63, 3.8) is 0 Å². The largest absolute Gasteiger partial charge is 0.467 e. The molecule has 0 amide bonds. The Balaban J connectivity index is 1.55. The molecular weight excluding hydrogens is 492 g/mol. The first-order valence-corrected chi connectivity index (χ1v) is 12.7. The number of carbonyl (C=O) groups is 3. The van der Waals surface area contributed by atoms with Gasteiger partial charge >= 0.3 is 11.9 Å². The van der Waals surface area contributed by atoms with Crippen LogP contribution in [0.3, 0.4) is 0 Å². The van der Waals surface area contributed by atoms with Crippen molar-refractivity contribution in [2.75, 3.05) is 20.8 Å². The normalized spacial score (nSPS) is 17.9. The fraction of sp³-hybridized carbons (Fsp3) is 0.156.